The molecule has 3 N–H and O–H groups in total. The number of nitrogens with two attached hydrogens (primary N) is 1. The van der Waals surface area contributed by atoms with Crippen molar-refractivity contribution in [1.82, 2.24) is 0 Å². The van der Waals surface area contributed by atoms with Crippen molar-refractivity contribution in [3.05, 3.63) is 0 Å². The Balaban J connectivity index is 4.10. The Morgan fingerprint density at radius 3 is 2.55 bits per heavy atom. The molecule has 0 unspecified atom stereocenters. The van der Waals surface area contributed by atoms with Crippen LogP contribution in [0.5, 0.6) is 0 Å². The molecule has 0 fully saturated rings. The van der Waals surface area contributed by atoms with Gasteiger partial charge in [-0.15, -0.1) is 0 Å². The van der Waals surface area contributed by atoms with Gasteiger partial charge >= 0.3 is 79.4 Å². The molecule has 0 saturated heterocycles. The number of thiol groups is 1. The summed E-state index contributed by atoms with van der Waals surface area (Å²) in [7, 11) is 0. The number of rotatable bonds is 4. The van der Waals surface area contributed by atoms with E-state index < -0.39 is 19.4 Å². The maximum atomic E-state index is 10.1. The Hall–Kier alpha value is 0.579. The molecule has 0 aromatic heterocycles. The van der Waals surface area contributed by atoms with Gasteiger partial charge in [-0.1, -0.05) is 0 Å². The van der Waals surface area contributed by atoms with E-state index in [0.717, 1.165) is 0 Å². The van der Waals surface area contributed by atoms with Crippen molar-refractivity contribution in [1.29, 1.82) is 0 Å². The third-order valence-electron chi connectivity index (χ3n) is 0.687. The zero-order valence-corrected chi connectivity index (χ0v) is 9.62. The van der Waals surface area contributed by atoms with Crippen LogP contribution in [0.1, 0.15) is 0 Å². The van der Waals surface area contributed by atoms with Gasteiger partial charge in [0.1, 0.15) is 0 Å². The summed E-state index contributed by atoms with van der Waals surface area (Å²) >= 11 is 0.930. The summed E-state index contributed by atoms with van der Waals surface area (Å²) < 4.78 is 32.5. The van der Waals surface area contributed by atoms with Gasteiger partial charge in [-0.25, -0.2) is 0 Å². The Labute approximate surface area is 79.3 Å². The molecule has 11 heavy (non-hydrogen) atoms. The normalized spacial score (nSPS) is 14.1. The standard InChI is InChI=1S/C3H7NO4SSe2/c4-2(1-9)3(10)8-11(5,6)7/h2,9H,1,4H2,(H,5,6,7)/t2-/m0/s1. The van der Waals surface area contributed by atoms with Gasteiger partial charge in [0.2, 0.25) is 0 Å². The van der Waals surface area contributed by atoms with Crippen LogP contribution in [-0.4, -0.2) is 49.5 Å². The molecule has 0 bridgehead atoms. The fourth-order valence-corrected chi connectivity index (χ4v) is 2.49. The molecule has 8 heteroatoms. The first-order chi connectivity index (χ1) is 4.87. The van der Waals surface area contributed by atoms with Gasteiger partial charge in [0.05, 0.1) is 0 Å². The van der Waals surface area contributed by atoms with Crippen molar-refractivity contribution < 1.29 is 15.7 Å². The van der Waals surface area contributed by atoms with Crippen molar-refractivity contribution in [2.24, 2.45) is 5.73 Å². The Morgan fingerprint density at radius 1 is 1.82 bits per heavy atom. The van der Waals surface area contributed by atoms with E-state index in [1.165, 1.54) is 0 Å². The summed E-state index contributed by atoms with van der Waals surface area (Å²) in [6.45, 7) is 0. The van der Waals surface area contributed by atoms with Crippen LogP contribution < -0.4 is 5.73 Å². The quantitative estimate of drug-likeness (QED) is 0.407. The molecule has 66 valence electrons. The molecule has 0 heterocycles. The summed E-state index contributed by atoms with van der Waals surface area (Å²) in [6.07, 6.45) is 0. The van der Waals surface area contributed by atoms with Gasteiger partial charge in [0.15, 0.2) is 0 Å². The molecule has 0 saturated carbocycles. The van der Waals surface area contributed by atoms with Crippen LogP contribution in [0.4, 0.5) is 0 Å². The number of hydrogen-bond acceptors (Lipinski definition) is 5. The predicted octanol–water partition coefficient (Wildman–Crippen LogP) is -2.15. The maximum absolute atomic E-state index is 10.1. The zero-order valence-electron chi connectivity index (χ0n) is 5.30. The van der Waals surface area contributed by atoms with Crippen molar-refractivity contribution in [2.45, 2.75) is 6.04 Å². The second-order valence-corrected chi connectivity index (χ2v) is 4.97. The minimum atomic E-state index is -5.14. The van der Waals surface area contributed by atoms with E-state index >= 15 is 0 Å². The van der Waals surface area contributed by atoms with Gasteiger partial charge in [-0.3, -0.25) is 0 Å². The Bertz CT molecular complexity index is 238. The van der Waals surface area contributed by atoms with E-state index in [9.17, 15) is 7.67 Å². The average Bonchev–Trinajstić information content (AvgIpc) is 1.82. The van der Waals surface area contributed by atoms with Gasteiger partial charge in [-0.05, 0) is 0 Å². The zero-order chi connectivity index (χ0) is 9.07. The van der Waals surface area contributed by atoms with E-state index in [1.54, 1.807) is 0 Å². The van der Waals surface area contributed by atoms with Crippen LogP contribution >= 0.6 is 12.6 Å². The second kappa shape index (κ2) is 4.57. The molecule has 1 atom stereocenters. The van der Waals surface area contributed by atoms with Gasteiger partial charge < -0.3 is 0 Å². The van der Waals surface area contributed by atoms with Crippen LogP contribution in [-0.2, 0) is 11.5 Å². The summed E-state index contributed by atoms with van der Waals surface area (Å²) in [5, 5.41) is 0. The molecular formula is C3H7NO4SSe2. The Morgan fingerprint density at radius 2 is 2.27 bits per heavy atom. The van der Waals surface area contributed by atoms with E-state index in [-0.39, 0.29) is 10.4 Å². The molecule has 0 rings (SSSR count). The van der Waals surface area contributed by atoms with Crippen molar-refractivity contribution >= 4 is 46.2 Å². The molecule has 0 spiro atoms. The molecule has 0 aromatic carbocycles. The second-order valence-electron chi connectivity index (χ2n) is 1.62. The summed E-state index contributed by atoms with van der Waals surface area (Å²) in [5.74, 6) is 0.232. The van der Waals surface area contributed by atoms with Crippen molar-refractivity contribution in [3.63, 3.8) is 0 Å². The van der Waals surface area contributed by atoms with Crippen LogP contribution in [0.2, 0.25) is 0 Å². The van der Waals surface area contributed by atoms with Gasteiger partial charge in [0, 0.05) is 0 Å². The number of hydrogen-bond donors (Lipinski definition) is 3. The molecule has 5 nitrogen and oxygen atoms in total. The molecular weight excluding hydrogens is 304 g/mol. The van der Waals surface area contributed by atoms with E-state index in [0.29, 0.717) is 0 Å². The third-order valence-corrected chi connectivity index (χ3v) is 3.24. The molecule has 0 aromatic rings. The predicted molar refractivity (Wildman–Crippen MR) is 43.0 cm³/mol. The van der Waals surface area contributed by atoms with Crippen LogP contribution in [0.25, 0.3) is 0 Å². The fraction of sp³-hybridized carbons (Fsp3) is 0.667. The average molecular weight is 311 g/mol. The minimum absolute atomic E-state index is 0.0764. The summed E-state index contributed by atoms with van der Waals surface area (Å²) in [6, 6.07) is -0.634. The van der Waals surface area contributed by atoms with Gasteiger partial charge in [-0.2, -0.15) is 0 Å². The molecule has 0 amide bonds. The van der Waals surface area contributed by atoms with Gasteiger partial charge in [0.25, 0.3) is 0 Å². The third kappa shape index (κ3) is 5.81. The molecule has 0 aliphatic heterocycles. The van der Waals surface area contributed by atoms with E-state index in [2.05, 4.69) is 32.0 Å². The SMILES string of the molecule is N[C@@H](CS)C(=[Se])O[Se](=O)(=O)O. The van der Waals surface area contributed by atoms with Crippen LogP contribution in [0, 0.1) is 0 Å². The first-order valence-electron chi connectivity index (χ1n) is 2.44. The van der Waals surface area contributed by atoms with Crippen LogP contribution in [0.3, 0.4) is 0 Å². The van der Waals surface area contributed by atoms with Crippen molar-refractivity contribution in [2.75, 3.05) is 5.75 Å². The monoisotopic (exact) mass is 313 g/mol. The first kappa shape index (κ1) is 11.6. The summed E-state index contributed by atoms with van der Waals surface area (Å²) in [4.78, 5) is 0. The first-order valence-corrected chi connectivity index (χ1v) is 6.79. The van der Waals surface area contributed by atoms with Crippen LogP contribution in [0.15, 0.2) is 0 Å². The molecule has 0 aliphatic rings. The van der Waals surface area contributed by atoms with E-state index in [4.69, 9.17) is 9.92 Å². The molecule has 0 radical (unpaired) electrons. The van der Waals surface area contributed by atoms with E-state index in [1.807, 2.05) is 0 Å². The fourth-order valence-electron chi connectivity index (χ4n) is 0.240. The van der Waals surface area contributed by atoms with Crippen molar-refractivity contribution in [3.8, 4) is 0 Å². The molecule has 0 aliphatic carbocycles. The topological polar surface area (TPSA) is 89.6 Å². The Kier molecular flexibility index (Phi) is 4.81. The summed E-state index contributed by atoms with van der Waals surface area (Å²) in [5.41, 5.74) is 5.29.